The van der Waals surface area contributed by atoms with Crippen LogP contribution in [0.15, 0.2) is 48.5 Å². The Morgan fingerprint density at radius 3 is 2.61 bits per heavy atom. The van der Waals surface area contributed by atoms with Gasteiger partial charge in [0.25, 0.3) is 0 Å². The lowest BCUT2D eigenvalue weighted by Gasteiger charge is -2.23. The number of hydrogen-bond donors (Lipinski definition) is 1. The summed E-state index contributed by atoms with van der Waals surface area (Å²) in [6.07, 6.45) is 0. The van der Waals surface area contributed by atoms with Gasteiger partial charge in [0.1, 0.15) is 6.04 Å². The second-order valence-corrected chi connectivity index (χ2v) is 5.68. The molecule has 1 aliphatic rings. The van der Waals surface area contributed by atoms with Crippen molar-refractivity contribution >= 4 is 5.91 Å². The van der Waals surface area contributed by atoms with Crippen LogP contribution in [0, 0.1) is 0 Å². The molecule has 0 saturated heterocycles. The second-order valence-electron chi connectivity index (χ2n) is 5.68. The number of nitrogens with one attached hydrogen (secondary N) is 1. The van der Waals surface area contributed by atoms with E-state index in [0.29, 0.717) is 6.54 Å². The Hall–Kier alpha value is -2.53. The summed E-state index contributed by atoms with van der Waals surface area (Å²) >= 11 is 0. The quantitative estimate of drug-likeness (QED) is 0.921. The molecule has 120 valence electrons. The first kappa shape index (κ1) is 15.4. The van der Waals surface area contributed by atoms with Crippen molar-refractivity contribution in [1.29, 1.82) is 0 Å². The normalized spacial score (nSPS) is 13.9. The highest BCUT2D eigenvalue weighted by molar-refractivity contribution is 5.83. The van der Waals surface area contributed by atoms with Gasteiger partial charge in [-0.1, -0.05) is 36.4 Å². The van der Waals surface area contributed by atoms with Gasteiger partial charge in [0.2, 0.25) is 12.7 Å². The molecule has 1 aliphatic heterocycles. The Morgan fingerprint density at radius 1 is 1.13 bits per heavy atom. The molecule has 3 rings (SSSR count). The lowest BCUT2D eigenvalue weighted by Crippen LogP contribution is -2.36. The number of hydrogen-bond acceptors (Lipinski definition) is 4. The molecule has 0 bridgehead atoms. The second kappa shape index (κ2) is 6.71. The van der Waals surface area contributed by atoms with E-state index in [9.17, 15) is 4.79 Å². The molecule has 0 aliphatic carbocycles. The molecule has 23 heavy (non-hydrogen) atoms. The van der Waals surface area contributed by atoms with Crippen molar-refractivity contribution in [2.45, 2.75) is 12.6 Å². The Balaban J connectivity index is 1.68. The van der Waals surface area contributed by atoms with Crippen LogP contribution in [0.2, 0.25) is 0 Å². The Morgan fingerprint density at radius 2 is 1.87 bits per heavy atom. The molecule has 0 saturated carbocycles. The fraction of sp³-hybridized carbons (Fsp3) is 0.278. The van der Waals surface area contributed by atoms with Crippen molar-refractivity contribution in [3.8, 4) is 11.5 Å². The fourth-order valence-corrected chi connectivity index (χ4v) is 2.66. The largest absolute Gasteiger partial charge is 0.454 e. The summed E-state index contributed by atoms with van der Waals surface area (Å²) in [6, 6.07) is 15.1. The summed E-state index contributed by atoms with van der Waals surface area (Å²) in [5.41, 5.74) is 1.95. The average molecular weight is 312 g/mol. The molecular weight excluding hydrogens is 292 g/mol. The molecule has 1 atom stereocenters. The monoisotopic (exact) mass is 312 g/mol. The molecule has 2 aromatic carbocycles. The molecule has 0 aromatic heterocycles. The molecular formula is C18H20N2O3. The van der Waals surface area contributed by atoms with Gasteiger partial charge in [0, 0.05) is 6.54 Å². The number of ether oxygens (including phenoxy) is 2. The average Bonchev–Trinajstić information content (AvgIpc) is 3.01. The molecule has 5 nitrogen and oxygen atoms in total. The summed E-state index contributed by atoms with van der Waals surface area (Å²) < 4.78 is 10.6. The summed E-state index contributed by atoms with van der Waals surface area (Å²) in [5, 5.41) is 2.99. The van der Waals surface area contributed by atoms with Gasteiger partial charge in [-0.15, -0.1) is 0 Å². The van der Waals surface area contributed by atoms with E-state index in [0.717, 1.165) is 22.6 Å². The molecule has 1 unspecified atom stereocenters. The molecule has 1 amide bonds. The number of amides is 1. The van der Waals surface area contributed by atoms with Crippen molar-refractivity contribution in [2.75, 3.05) is 20.9 Å². The number of fused-ring (bicyclic) bond motifs is 1. The number of carbonyl (C=O) groups is 1. The minimum atomic E-state index is -0.315. The van der Waals surface area contributed by atoms with Crippen molar-refractivity contribution in [3.63, 3.8) is 0 Å². The first-order valence-corrected chi connectivity index (χ1v) is 7.53. The topological polar surface area (TPSA) is 50.8 Å². The van der Waals surface area contributed by atoms with Crippen LogP contribution < -0.4 is 14.8 Å². The van der Waals surface area contributed by atoms with Crippen LogP contribution in [-0.2, 0) is 11.3 Å². The minimum absolute atomic E-state index is 0.0288. The zero-order valence-corrected chi connectivity index (χ0v) is 13.3. The van der Waals surface area contributed by atoms with Gasteiger partial charge >= 0.3 is 0 Å². The van der Waals surface area contributed by atoms with E-state index >= 15 is 0 Å². The van der Waals surface area contributed by atoms with Gasteiger partial charge in [-0.2, -0.15) is 0 Å². The first-order chi connectivity index (χ1) is 11.1. The summed E-state index contributed by atoms with van der Waals surface area (Å²) in [7, 11) is 3.80. The minimum Gasteiger partial charge on any atom is -0.454 e. The zero-order chi connectivity index (χ0) is 16.2. The molecule has 1 N–H and O–H groups in total. The lowest BCUT2D eigenvalue weighted by molar-refractivity contribution is -0.125. The predicted molar refractivity (Wildman–Crippen MR) is 87.3 cm³/mol. The van der Waals surface area contributed by atoms with Crippen molar-refractivity contribution in [3.05, 3.63) is 59.7 Å². The predicted octanol–water partition coefficient (Wildman–Crippen LogP) is 2.33. The molecule has 0 radical (unpaired) electrons. The maximum absolute atomic E-state index is 12.6. The van der Waals surface area contributed by atoms with Crippen LogP contribution >= 0.6 is 0 Å². The molecule has 0 fully saturated rings. The highest BCUT2D eigenvalue weighted by Crippen LogP contribution is 2.32. The van der Waals surface area contributed by atoms with Crippen molar-refractivity contribution < 1.29 is 14.3 Å². The van der Waals surface area contributed by atoms with Crippen LogP contribution in [0.1, 0.15) is 17.2 Å². The Labute approximate surface area is 135 Å². The SMILES string of the molecule is CN(C)C(C(=O)NCc1ccc2c(c1)OCO2)c1ccccc1. The van der Waals surface area contributed by atoms with Crippen LogP contribution in [0.25, 0.3) is 0 Å². The third kappa shape index (κ3) is 3.46. The van der Waals surface area contributed by atoms with E-state index in [2.05, 4.69) is 5.32 Å². The van der Waals surface area contributed by atoms with E-state index in [4.69, 9.17) is 9.47 Å². The van der Waals surface area contributed by atoms with Crippen LogP contribution in [0.3, 0.4) is 0 Å². The third-order valence-electron chi connectivity index (χ3n) is 3.78. The lowest BCUT2D eigenvalue weighted by atomic mass is 10.1. The fourth-order valence-electron chi connectivity index (χ4n) is 2.66. The Bertz CT molecular complexity index is 686. The highest BCUT2D eigenvalue weighted by Gasteiger charge is 2.22. The number of rotatable bonds is 5. The van der Waals surface area contributed by atoms with Crippen LogP contribution in [0.4, 0.5) is 0 Å². The smallest absolute Gasteiger partial charge is 0.242 e. The number of benzene rings is 2. The maximum atomic E-state index is 12.6. The van der Waals surface area contributed by atoms with Crippen molar-refractivity contribution in [1.82, 2.24) is 10.2 Å². The number of carbonyl (C=O) groups excluding carboxylic acids is 1. The standard InChI is InChI=1S/C18H20N2O3/c1-20(2)17(14-6-4-3-5-7-14)18(21)19-11-13-8-9-15-16(10-13)23-12-22-15/h3-10,17H,11-12H2,1-2H3,(H,19,21). The molecule has 0 spiro atoms. The summed E-state index contributed by atoms with van der Waals surface area (Å²) in [4.78, 5) is 14.5. The van der Waals surface area contributed by atoms with Gasteiger partial charge in [0.05, 0.1) is 0 Å². The van der Waals surface area contributed by atoms with Gasteiger partial charge < -0.3 is 14.8 Å². The van der Waals surface area contributed by atoms with Gasteiger partial charge in [-0.05, 0) is 37.4 Å². The van der Waals surface area contributed by atoms with E-state index < -0.39 is 0 Å². The summed E-state index contributed by atoms with van der Waals surface area (Å²) in [6.45, 7) is 0.703. The first-order valence-electron chi connectivity index (χ1n) is 7.53. The van der Waals surface area contributed by atoms with Crippen molar-refractivity contribution in [2.24, 2.45) is 0 Å². The molecule has 5 heteroatoms. The van der Waals surface area contributed by atoms with Gasteiger partial charge in [-0.25, -0.2) is 0 Å². The van der Waals surface area contributed by atoms with E-state index in [1.54, 1.807) is 0 Å². The Kier molecular flexibility index (Phi) is 4.48. The van der Waals surface area contributed by atoms with E-state index in [-0.39, 0.29) is 18.7 Å². The molecule has 1 heterocycles. The maximum Gasteiger partial charge on any atom is 0.242 e. The molecule has 2 aromatic rings. The zero-order valence-electron chi connectivity index (χ0n) is 13.3. The third-order valence-corrected chi connectivity index (χ3v) is 3.78. The number of likely N-dealkylation sites (N-methyl/N-ethyl adjacent to an activating group) is 1. The summed E-state index contributed by atoms with van der Waals surface area (Å²) in [5.74, 6) is 1.44. The van der Waals surface area contributed by atoms with E-state index in [1.165, 1.54) is 0 Å². The van der Waals surface area contributed by atoms with Gasteiger partial charge in [0.15, 0.2) is 11.5 Å². The van der Waals surface area contributed by atoms with Crippen LogP contribution in [-0.4, -0.2) is 31.7 Å². The van der Waals surface area contributed by atoms with E-state index in [1.807, 2.05) is 67.5 Å². The van der Waals surface area contributed by atoms with Crippen LogP contribution in [0.5, 0.6) is 11.5 Å². The van der Waals surface area contributed by atoms with Gasteiger partial charge in [-0.3, -0.25) is 9.69 Å². The highest BCUT2D eigenvalue weighted by atomic mass is 16.7. The number of nitrogens with zero attached hydrogens (tertiary/aromatic N) is 1.